The van der Waals surface area contributed by atoms with Gasteiger partial charge in [-0.3, -0.25) is 4.98 Å². The third-order valence-corrected chi connectivity index (χ3v) is 5.43. The van der Waals surface area contributed by atoms with E-state index >= 15 is 0 Å². The van der Waals surface area contributed by atoms with Gasteiger partial charge in [0, 0.05) is 34.9 Å². The molecule has 0 saturated heterocycles. The van der Waals surface area contributed by atoms with Crippen LogP contribution < -0.4 is 10.6 Å². The van der Waals surface area contributed by atoms with Gasteiger partial charge in [-0.2, -0.15) is 9.61 Å². The minimum absolute atomic E-state index is 0.310. The van der Waals surface area contributed by atoms with Crippen LogP contribution in [0.5, 0.6) is 0 Å². The number of hydrogen-bond donors (Lipinski definition) is 2. The number of amides is 2. The number of benzene rings is 2. The van der Waals surface area contributed by atoms with Gasteiger partial charge in [0.1, 0.15) is 0 Å². The second-order valence-corrected chi connectivity index (χ2v) is 8.19. The topological polar surface area (TPSA) is 97.1 Å². The van der Waals surface area contributed by atoms with Crippen molar-refractivity contribution < 1.29 is 4.79 Å². The minimum Gasteiger partial charge on any atom is -0.308 e. The Hall–Kier alpha value is -4.59. The van der Waals surface area contributed by atoms with Gasteiger partial charge in [-0.1, -0.05) is 38.1 Å². The molecule has 2 N–H and O–H groups in total. The van der Waals surface area contributed by atoms with Crippen LogP contribution in [0.4, 0.5) is 16.2 Å². The van der Waals surface area contributed by atoms with Crippen molar-refractivity contribution in [2.24, 2.45) is 0 Å². The summed E-state index contributed by atoms with van der Waals surface area (Å²) in [5, 5.41) is 18.9. The summed E-state index contributed by atoms with van der Waals surface area (Å²) in [6.45, 7) is 4.27. The molecule has 0 fully saturated rings. The van der Waals surface area contributed by atoms with E-state index in [1.165, 1.54) is 5.56 Å². The number of fused-ring (bicyclic) bond motifs is 1. The Kier molecular flexibility index (Phi) is 5.70. The smallest absolute Gasteiger partial charge is 0.308 e. The lowest BCUT2D eigenvalue weighted by Crippen LogP contribution is -2.19. The molecule has 0 unspecified atom stereocenters. The molecule has 0 spiro atoms. The number of pyridine rings is 1. The van der Waals surface area contributed by atoms with E-state index in [4.69, 9.17) is 5.10 Å². The van der Waals surface area contributed by atoms with Gasteiger partial charge in [0.15, 0.2) is 11.5 Å². The molecule has 8 nitrogen and oxygen atoms in total. The van der Waals surface area contributed by atoms with Gasteiger partial charge in [0.05, 0.1) is 5.69 Å². The fourth-order valence-electron chi connectivity index (χ4n) is 3.62. The van der Waals surface area contributed by atoms with E-state index in [0.29, 0.717) is 23.1 Å². The maximum atomic E-state index is 12.5. The Labute approximate surface area is 196 Å². The summed E-state index contributed by atoms with van der Waals surface area (Å²) in [7, 11) is 0. The standard InChI is InChI=1S/C26H23N7O/c1-17(2)18-8-10-21(11-9-18)28-26(34)29-22-7-3-5-19(15-22)23-12-13-24-30-31-25(33(24)32-23)20-6-4-14-27-16-20/h3-17H,1-2H3,(H2,28,29,34). The van der Waals surface area contributed by atoms with Gasteiger partial charge in [0.2, 0.25) is 0 Å². The Bertz CT molecular complexity index is 1440. The number of anilines is 2. The Balaban J connectivity index is 1.36. The molecular formula is C26H23N7O. The zero-order chi connectivity index (χ0) is 23.5. The van der Waals surface area contributed by atoms with Crippen LogP contribution in [0, 0.1) is 0 Å². The van der Waals surface area contributed by atoms with Crippen LogP contribution in [0.1, 0.15) is 25.3 Å². The SMILES string of the molecule is CC(C)c1ccc(NC(=O)Nc2cccc(-c3ccc4nnc(-c5cccnc5)n4n3)c2)cc1. The highest BCUT2D eigenvalue weighted by Gasteiger charge is 2.12. The molecule has 3 aromatic heterocycles. The van der Waals surface area contributed by atoms with Crippen molar-refractivity contribution in [1.82, 2.24) is 24.8 Å². The van der Waals surface area contributed by atoms with Crippen LogP contribution in [-0.2, 0) is 0 Å². The summed E-state index contributed by atoms with van der Waals surface area (Å²) in [6.07, 6.45) is 3.44. The predicted molar refractivity (Wildman–Crippen MR) is 133 cm³/mol. The van der Waals surface area contributed by atoms with Crippen molar-refractivity contribution >= 4 is 23.1 Å². The number of aromatic nitrogens is 5. The lowest BCUT2D eigenvalue weighted by Gasteiger charge is -2.10. The van der Waals surface area contributed by atoms with Crippen molar-refractivity contribution in [2.75, 3.05) is 10.6 Å². The van der Waals surface area contributed by atoms with Crippen molar-refractivity contribution in [2.45, 2.75) is 19.8 Å². The predicted octanol–water partition coefficient (Wildman–Crippen LogP) is 5.62. The van der Waals surface area contributed by atoms with Crippen LogP contribution in [-0.4, -0.2) is 30.8 Å². The summed E-state index contributed by atoms with van der Waals surface area (Å²) in [5.74, 6) is 1.05. The fourth-order valence-corrected chi connectivity index (χ4v) is 3.62. The maximum absolute atomic E-state index is 12.5. The molecule has 3 heterocycles. The number of rotatable bonds is 5. The van der Waals surface area contributed by atoms with E-state index in [0.717, 1.165) is 22.5 Å². The Morgan fingerprint density at radius 1 is 0.853 bits per heavy atom. The number of nitrogens with zero attached hydrogens (tertiary/aromatic N) is 5. The average Bonchev–Trinajstić information content (AvgIpc) is 3.28. The van der Waals surface area contributed by atoms with Gasteiger partial charge in [-0.05, 0) is 60.0 Å². The zero-order valence-corrected chi connectivity index (χ0v) is 18.8. The normalized spacial score (nSPS) is 11.0. The Morgan fingerprint density at radius 3 is 2.41 bits per heavy atom. The second-order valence-electron chi connectivity index (χ2n) is 8.19. The van der Waals surface area contributed by atoms with Crippen molar-refractivity contribution in [1.29, 1.82) is 0 Å². The number of nitrogens with one attached hydrogen (secondary N) is 2. The van der Waals surface area contributed by atoms with E-state index in [1.54, 1.807) is 16.9 Å². The van der Waals surface area contributed by atoms with E-state index in [-0.39, 0.29) is 6.03 Å². The highest BCUT2D eigenvalue weighted by Crippen LogP contribution is 2.23. The highest BCUT2D eigenvalue weighted by molar-refractivity contribution is 6.00. The highest BCUT2D eigenvalue weighted by atomic mass is 16.2. The molecule has 5 rings (SSSR count). The number of urea groups is 1. The van der Waals surface area contributed by atoms with Crippen molar-refractivity contribution in [3.8, 4) is 22.6 Å². The van der Waals surface area contributed by atoms with E-state index in [1.807, 2.05) is 72.8 Å². The summed E-state index contributed by atoms with van der Waals surface area (Å²) in [4.78, 5) is 16.7. The van der Waals surface area contributed by atoms with E-state index in [2.05, 4.69) is 39.7 Å². The van der Waals surface area contributed by atoms with Crippen LogP contribution >= 0.6 is 0 Å². The van der Waals surface area contributed by atoms with Crippen molar-refractivity contribution in [3.63, 3.8) is 0 Å². The van der Waals surface area contributed by atoms with E-state index in [9.17, 15) is 4.79 Å². The molecule has 0 aliphatic carbocycles. The molecule has 0 bridgehead atoms. The summed E-state index contributed by atoms with van der Waals surface area (Å²) < 4.78 is 1.69. The monoisotopic (exact) mass is 449 g/mol. The molecule has 5 aromatic rings. The fraction of sp³-hybridized carbons (Fsp3) is 0.115. The van der Waals surface area contributed by atoms with Gasteiger partial charge >= 0.3 is 6.03 Å². The number of carbonyl (C=O) groups is 1. The molecule has 0 atom stereocenters. The minimum atomic E-state index is -0.310. The van der Waals surface area contributed by atoms with Gasteiger partial charge in [0.25, 0.3) is 0 Å². The molecule has 8 heteroatoms. The summed E-state index contributed by atoms with van der Waals surface area (Å²) in [6, 6.07) is 22.6. The summed E-state index contributed by atoms with van der Waals surface area (Å²) in [5.41, 5.74) is 5.67. The lowest BCUT2D eigenvalue weighted by atomic mass is 10.0. The van der Waals surface area contributed by atoms with Crippen LogP contribution in [0.15, 0.2) is 85.2 Å². The van der Waals surface area contributed by atoms with Gasteiger partial charge in [-0.25, -0.2) is 4.79 Å². The second kappa shape index (κ2) is 9.11. The molecule has 0 radical (unpaired) electrons. The van der Waals surface area contributed by atoms with Crippen LogP contribution in [0.2, 0.25) is 0 Å². The molecule has 34 heavy (non-hydrogen) atoms. The summed E-state index contributed by atoms with van der Waals surface area (Å²) >= 11 is 0. The largest absolute Gasteiger partial charge is 0.323 e. The molecular weight excluding hydrogens is 426 g/mol. The quantitative estimate of drug-likeness (QED) is 0.363. The number of hydrogen-bond acceptors (Lipinski definition) is 5. The average molecular weight is 450 g/mol. The number of carbonyl (C=O) groups excluding carboxylic acids is 1. The van der Waals surface area contributed by atoms with Crippen LogP contribution in [0.25, 0.3) is 28.3 Å². The maximum Gasteiger partial charge on any atom is 0.323 e. The van der Waals surface area contributed by atoms with Crippen LogP contribution in [0.3, 0.4) is 0 Å². The van der Waals surface area contributed by atoms with Crippen molar-refractivity contribution in [3.05, 3.63) is 90.8 Å². The lowest BCUT2D eigenvalue weighted by molar-refractivity contribution is 0.262. The molecule has 0 saturated carbocycles. The zero-order valence-electron chi connectivity index (χ0n) is 18.8. The first-order valence-electron chi connectivity index (χ1n) is 11.0. The first-order chi connectivity index (χ1) is 16.6. The molecule has 0 aliphatic rings. The first kappa shape index (κ1) is 21.3. The third kappa shape index (κ3) is 4.47. The first-order valence-corrected chi connectivity index (χ1v) is 11.0. The molecule has 2 aromatic carbocycles. The third-order valence-electron chi connectivity index (χ3n) is 5.43. The molecule has 2 amide bonds. The van der Waals surface area contributed by atoms with Gasteiger partial charge in [-0.15, -0.1) is 10.2 Å². The Morgan fingerprint density at radius 2 is 1.65 bits per heavy atom. The molecule has 168 valence electrons. The van der Waals surface area contributed by atoms with E-state index < -0.39 is 0 Å². The molecule has 0 aliphatic heterocycles. The van der Waals surface area contributed by atoms with Gasteiger partial charge < -0.3 is 10.6 Å².